The number of aryl methyl sites for hydroxylation is 1. The van der Waals surface area contributed by atoms with Crippen LogP contribution in [0.1, 0.15) is 56.1 Å². The van der Waals surface area contributed by atoms with Crippen LogP contribution < -0.4 is 5.43 Å². The second kappa shape index (κ2) is 4.46. The Kier molecular flexibility index (Phi) is 3.05. The second-order valence-corrected chi connectivity index (χ2v) is 7.69. The zero-order valence-corrected chi connectivity index (χ0v) is 13.3. The molecule has 0 unspecified atom stereocenters. The van der Waals surface area contributed by atoms with Crippen molar-refractivity contribution < 1.29 is 4.79 Å². The number of nitrogens with one attached hydrogen (secondary N) is 1. The van der Waals surface area contributed by atoms with Crippen molar-refractivity contribution in [3.8, 4) is 0 Å². The summed E-state index contributed by atoms with van der Waals surface area (Å²) in [7, 11) is 0. The molecule has 1 aromatic rings. The van der Waals surface area contributed by atoms with Crippen molar-refractivity contribution >= 4 is 5.91 Å². The molecule has 1 saturated heterocycles. The highest BCUT2D eigenvalue weighted by atomic mass is 16.2. The van der Waals surface area contributed by atoms with Crippen LogP contribution in [0.5, 0.6) is 0 Å². The fourth-order valence-electron chi connectivity index (χ4n) is 4.09. The molecule has 4 heteroatoms. The Labute approximate surface area is 125 Å². The standard InChI is InChI=1S/C17H24N2O2/c1-11-7-14(20)13(9-18-11)15(21)19-10-17(4)6-5-12(8-17)16(19,2)3/h7,9,12H,5-6,8,10H2,1-4H3,(H,18,20)/t12-,17+/m0/s1. The van der Waals surface area contributed by atoms with E-state index in [2.05, 4.69) is 25.8 Å². The smallest absolute Gasteiger partial charge is 0.259 e. The van der Waals surface area contributed by atoms with E-state index in [1.807, 2.05) is 11.8 Å². The fourth-order valence-corrected chi connectivity index (χ4v) is 4.09. The SMILES string of the molecule is Cc1cc(=O)c(C(=O)N2C[C@]3(C)CC[C@@H](C3)C2(C)C)c[nH]1. The third kappa shape index (κ3) is 2.21. The quantitative estimate of drug-likeness (QED) is 0.864. The minimum absolute atomic E-state index is 0.126. The highest BCUT2D eigenvalue weighted by Gasteiger charge is 2.52. The average molecular weight is 288 g/mol. The van der Waals surface area contributed by atoms with Gasteiger partial charge < -0.3 is 9.88 Å². The summed E-state index contributed by atoms with van der Waals surface area (Å²) in [4.78, 5) is 30.0. The zero-order chi connectivity index (χ0) is 15.4. The molecule has 0 aromatic carbocycles. The number of rotatable bonds is 1. The molecule has 114 valence electrons. The zero-order valence-electron chi connectivity index (χ0n) is 13.3. The molecule has 3 rings (SSSR count). The maximum atomic E-state index is 12.9. The number of aromatic nitrogens is 1. The molecule has 1 aliphatic carbocycles. The maximum absolute atomic E-state index is 12.9. The first-order valence-corrected chi connectivity index (χ1v) is 7.74. The molecule has 0 spiro atoms. The summed E-state index contributed by atoms with van der Waals surface area (Å²) in [5.74, 6) is 0.406. The summed E-state index contributed by atoms with van der Waals surface area (Å²) in [5.41, 5.74) is 0.896. The van der Waals surface area contributed by atoms with Crippen LogP contribution in [0.2, 0.25) is 0 Å². The van der Waals surface area contributed by atoms with Crippen LogP contribution in [0.15, 0.2) is 17.1 Å². The van der Waals surface area contributed by atoms with E-state index >= 15 is 0 Å². The molecule has 1 aromatic heterocycles. The second-order valence-electron chi connectivity index (χ2n) is 7.69. The minimum atomic E-state index is -0.185. The Morgan fingerprint density at radius 2 is 2.10 bits per heavy atom. The first-order chi connectivity index (χ1) is 9.73. The number of piperidine rings is 1. The third-order valence-electron chi connectivity index (χ3n) is 5.60. The van der Waals surface area contributed by atoms with Gasteiger partial charge in [0.15, 0.2) is 5.43 Å². The molecule has 2 heterocycles. The van der Waals surface area contributed by atoms with Gasteiger partial charge in [-0.1, -0.05) is 6.92 Å². The average Bonchev–Trinajstić information content (AvgIpc) is 2.74. The van der Waals surface area contributed by atoms with Crippen LogP contribution in [0.3, 0.4) is 0 Å². The molecule has 2 atom stereocenters. The number of carbonyl (C=O) groups excluding carboxylic acids is 1. The van der Waals surface area contributed by atoms with Crippen molar-refractivity contribution in [2.45, 2.75) is 52.5 Å². The maximum Gasteiger partial charge on any atom is 0.259 e. The fraction of sp³-hybridized carbons (Fsp3) is 0.647. The van der Waals surface area contributed by atoms with Gasteiger partial charge in [0, 0.05) is 30.0 Å². The lowest BCUT2D eigenvalue weighted by Gasteiger charge is -2.50. The Hall–Kier alpha value is -1.58. The largest absolute Gasteiger partial charge is 0.364 e. The molecular formula is C17H24N2O2. The molecular weight excluding hydrogens is 264 g/mol. The van der Waals surface area contributed by atoms with Gasteiger partial charge in [-0.2, -0.15) is 0 Å². The van der Waals surface area contributed by atoms with E-state index in [1.165, 1.54) is 25.3 Å². The van der Waals surface area contributed by atoms with Crippen molar-refractivity contribution in [2.24, 2.45) is 11.3 Å². The van der Waals surface area contributed by atoms with Crippen molar-refractivity contribution in [3.63, 3.8) is 0 Å². The molecule has 2 fully saturated rings. The van der Waals surface area contributed by atoms with Crippen molar-refractivity contribution in [1.82, 2.24) is 9.88 Å². The summed E-state index contributed by atoms with van der Waals surface area (Å²) in [6.07, 6.45) is 5.11. The van der Waals surface area contributed by atoms with E-state index in [9.17, 15) is 9.59 Å². The number of nitrogens with zero attached hydrogens (tertiary/aromatic N) is 1. The molecule has 4 nitrogen and oxygen atoms in total. The minimum Gasteiger partial charge on any atom is -0.364 e. The van der Waals surface area contributed by atoms with E-state index in [1.54, 1.807) is 6.20 Å². The van der Waals surface area contributed by atoms with Crippen LogP contribution in [0.25, 0.3) is 0 Å². The van der Waals surface area contributed by atoms with E-state index < -0.39 is 0 Å². The van der Waals surface area contributed by atoms with Gasteiger partial charge in [-0.15, -0.1) is 0 Å². The lowest BCUT2D eigenvalue weighted by Crippen LogP contribution is -2.58. The molecule has 21 heavy (non-hydrogen) atoms. The monoisotopic (exact) mass is 288 g/mol. The number of aromatic amines is 1. The van der Waals surface area contributed by atoms with E-state index in [0.717, 1.165) is 12.2 Å². The number of likely N-dealkylation sites (tertiary alicyclic amines) is 1. The Morgan fingerprint density at radius 3 is 2.76 bits per heavy atom. The molecule has 1 aliphatic heterocycles. The van der Waals surface area contributed by atoms with Crippen LogP contribution in [-0.4, -0.2) is 27.9 Å². The van der Waals surface area contributed by atoms with Gasteiger partial charge in [-0.3, -0.25) is 9.59 Å². The Balaban J connectivity index is 1.99. The topological polar surface area (TPSA) is 53.2 Å². The van der Waals surface area contributed by atoms with Crippen LogP contribution in [-0.2, 0) is 0 Å². The van der Waals surface area contributed by atoms with Crippen LogP contribution >= 0.6 is 0 Å². The van der Waals surface area contributed by atoms with Gasteiger partial charge in [-0.25, -0.2) is 0 Å². The molecule has 0 radical (unpaired) electrons. The lowest BCUT2D eigenvalue weighted by atomic mass is 9.75. The number of hydrogen-bond donors (Lipinski definition) is 1. The van der Waals surface area contributed by atoms with Gasteiger partial charge in [0.25, 0.3) is 5.91 Å². The summed E-state index contributed by atoms with van der Waals surface area (Å²) >= 11 is 0. The van der Waals surface area contributed by atoms with Crippen LogP contribution in [0, 0.1) is 18.3 Å². The third-order valence-corrected chi connectivity index (χ3v) is 5.60. The predicted molar refractivity (Wildman–Crippen MR) is 82.4 cm³/mol. The number of hydrogen-bond acceptors (Lipinski definition) is 2. The van der Waals surface area contributed by atoms with Gasteiger partial charge in [0.2, 0.25) is 0 Å². The number of carbonyl (C=O) groups is 1. The van der Waals surface area contributed by atoms with E-state index in [-0.39, 0.29) is 27.9 Å². The highest BCUT2D eigenvalue weighted by molar-refractivity contribution is 5.94. The molecule has 2 bridgehead atoms. The van der Waals surface area contributed by atoms with Gasteiger partial charge in [0.1, 0.15) is 5.56 Å². The lowest BCUT2D eigenvalue weighted by molar-refractivity contribution is 0.000684. The number of H-pyrrole nitrogens is 1. The van der Waals surface area contributed by atoms with E-state index in [0.29, 0.717) is 5.92 Å². The molecule has 2 aliphatic rings. The van der Waals surface area contributed by atoms with Crippen molar-refractivity contribution in [1.29, 1.82) is 0 Å². The number of pyridine rings is 1. The van der Waals surface area contributed by atoms with Crippen LogP contribution in [0.4, 0.5) is 0 Å². The summed E-state index contributed by atoms with van der Waals surface area (Å²) in [5, 5.41) is 0. The summed E-state index contributed by atoms with van der Waals surface area (Å²) < 4.78 is 0. The van der Waals surface area contributed by atoms with Crippen molar-refractivity contribution in [3.05, 3.63) is 33.7 Å². The predicted octanol–water partition coefficient (Wildman–Crippen LogP) is 2.72. The highest BCUT2D eigenvalue weighted by Crippen LogP contribution is 2.53. The first-order valence-electron chi connectivity index (χ1n) is 7.74. The molecule has 1 amide bonds. The number of amides is 1. The van der Waals surface area contributed by atoms with Gasteiger partial charge in [0.05, 0.1) is 0 Å². The van der Waals surface area contributed by atoms with E-state index in [4.69, 9.17) is 0 Å². The van der Waals surface area contributed by atoms with Crippen molar-refractivity contribution in [2.75, 3.05) is 6.54 Å². The summed E-state index contributed by atoms with van der Waals surface area (Å²) in [6, 6.07) is 1.50. The molecule has 1 N–H and O–H groups in total. The number of fused-ring (bicyclic) bond motifs is 2. The Bertz CT molecular complexity index is 646. The summed E-state index contributed by atoms with van der Waals surface area (Å²) in [6.45, 7) is 9.12. The van der Waals surface area contributed by atoms with Gasteiger partial charge >= 0.3 is 0 Å². The molecule has 1 saturated carbocycles. The van der Waals surface area contributed by atoms with Gasteiger partial charge in [-0.05, 0) is 51.4 Å². The normalized spacial score (nSPS) is 30.5. The Morgan fingerprint density at radius 1 is 1.38 bits per heavy atom. The first kappa shape index (κ1) is 14.4.